The van der Waals surface area contributed by atoms with Crippen LogP contribution >= 0.6 is 0 Å². The maximum absolute atomic E-state index is 12.8. The van der Waals surface area contributed by atoms with Gasteiger partial charge in [0.15, 0.2) is 11.7 Å². The van der Waals surface area contributed by atoms with Crippen molar-refractivity contribution in [3.63, 3.8) is 0 Å². The number of aryl methyl sites for hydroxylation is 1. The van der Waals surface area contributed by atoms with Crippen LogP contribution in [0.5, 0.6) is 0 Å². The van der Waals surface area contributed by atoms with Crippen molar-refractivity contribution >= 4 is 16.6 Å². The number of carbonyl (C=O) groups excluding carboxylic acids is 1. The van der Waals surface area contributed by atoms with Crippen molar-refractivity contribution in [1.82, 2.24) is 19.8 Å². The Morgan fingerprint density at radius 2 is 1.87 bits per heavy atom. The summed E-state index contributed by atoms with van der Waals surface area (Å²) in [5, 5.41) is 2.13. The van der Waals surface area contributed by atoms with Gasteiger partial charge in [-0.2, -0.15) is 0 Å². The fourth-order valence-electron chi connectivity index (χ4n) is 4.59. The summed E-state index contributed by atoms with van der Waals surface area (Å²) in [5.41, 5.74) is 1.84. The van der Waals surface area contributed by atoms with Crippen LogP contribution in [-0.4, -0.2) is 64.8 Å². The molecular weight excluding hydrogens is 376 g/mol. The Labute approximate surface area is 176 Å². The van der Waals surface area contributed by atoms with Gasteiger partial charge in [-0.15, -0.1) is 0 Å². The van der Waals surface area contributed by atoms with Crippen molar-refractivity contribution < 1.29 is 9.21 Å². The summed E-state index contributed by atoms with van der Waals surface area (Å²) in [4.78, 5) is 26.5. The Hall–Kier alpha value is -2.57. The third-order valence-electron chi connectivity index (χ3n) is 6.66. The Morgan fingerprint density at radius 3 is 2.60 bits per heavy atom. The summed E-state index contributed by atoms with van der Waals surface area (Å²) in [5.74, 6) is 1.93. The highest BCUT2D eigenvalue weighted by Crippen LogP contribution is 2.34. The van der Waals surface area contributed by atoms with Crippen LogP contribution in [0.3, 0.4) is 0 Å². The number of hydrogen-bond acceptors (Lipinski definition) is 6. The zero-order valence-corrected chi connectivity index (χ0v) is 17.7. The van der Waals surface area contributed by atoms with Crippen molar-refractivity contribution in [1.29, 1.82) is 0 Å². The lowest BCUT2D eigenvalue weighted by Crippen LogP contribution is -2.54. The minimum atomic E-state index is 0.190. The zero-order valence-electron chi connectivity index (χ0n) is 17.7. The van der Waals surface area contributed by atoms with Gasteiger partial charge in [0.25, 0.3) is 0 Å². The molecule has 0 atom stereocenters. The van der Waals surface area contributed by atoms with Gasteiger partial charge in [-0.1, -0.05) is 12.1 Å². The average molecular weight is 405 g/mol. The first-order valence-corrected chi connectivity index (χ1v) is 10.8. The lowest BCUT2D eigenvalue weighted by Gasteiger charge is -2.45. The van der Waals surface area contributed by atoms with Crippen LogP contribution in [-0.2, 0) is 11.2 Å². The van der Waals surface area contributed by atoms with Crippen LogP contribution in [0.4, 0.5) is 0 Å². The summed E-state index contributed by atoms with van der Waals surface area (Å²) in [6.07, 6.45) is 6.04. The van der Waals surface area contributed by atoms with Crippen LogP contribution in [0.25, 0.3) is 22.1 Å². The second kappa shape index (κ2) is 7.93. The third kappa shape index (κ3) is 3.89. The highest BCUT2D eigenvalue weighted by molar-refractivity contribution is 5.88. The molecule has 2 aromatic heterocycles. The summed E-state index contributed by atoms with van der Waals surface area (Å²) in [7, 11) is 2.18. The first-order chi connectivity index (χ1) is 14.5. The topological polar surface area (TPSA) is 62.5 Å². The molecule has 0 amide bonds. The van der Waals surface area contributed by atoms with Gasteiger partial charge in [0.2, 0.25) is 0 Å². The monoisotopic (exact) mass is 404 g/mol. The van der Waals surface area contributed by atoms with E-state index < -0.39 is 0 Å². The van der Waals surface area contributed by atoms with Gasteiger partial charge in [-0.25, -0.2) is 4.98 Å². The number of likely N-dealkylation sites (N-methyl/N-ethyl adjacent to an activating group) is 1. The first kappa shape index (κ1) is 19.4. The molecule has 1 aliphatic carbocycles. The van der Waals surface area contributed by atoms with Gasteiger partial charge in [0.1, 0.15) is 5.78 Å². The fraction of sp³-hybridized carbons (Fsp3) is 0.458. The number of Topliss-reactive ketones (excluding diaryl/α,β-unsaturated/α-hetero) is 1. The number of rotatable bonds is 5. The number of carbonyl (C=O) groups is 1. The number of ketones is 1. The van der Waals surface area contributed by atoms with E-state index in [0.717, 1.165) is 66.8 Å². The van der Waals surface area contributed by atoms with E-state index in [9.17, 15) is 4.79 Å². The van der Waals surface area contributed by atoms with Gasteiger partial charge in [-0.05, 0) is 37.4 Å². The minimum absolute atomic E-state index is 0.190. The lowest BCUT2D eigenvalue weighted by atomic mass is 9.75. The molecule has 1 aliphatic heterocycles. The number of piperazine rings is 1. The quantitative estimate of drug-likeness (QED) is 0.650. The summed E-state index contributed by atoms with van der Waals surface area (Å²) < 4.78 is 5.65. The molecule has 6 nitrogen and oxygen atoms in total. The van der Waals surface area contributed by atoms with E-state index in [1.54, 1.807) is 6.20 Å². The molecule has 1 aromatic carbocycles. The molecular formula is C24H28N4O2. The zero-order chi connectivity index (χ0) is 20.7. The van der Waals surface area contributed by atoms with Gasteiger partial charge in [-0.3, -0.25) is 14.7 Å². The Morgan fingerprint density at radius 1 is 1.07 bits per heavy atom. The van der Waals surface area contributed by atoms with E-state index in [2.05, 4.69) is 32.9 Å². The molecule has 1 saturated carbocycles. The number of benzene rings is 1. The van der Waals surface area contributed by atoms with E-state index in [-0.39, 0.29) is 5.92 Å². The van der Waals surface area contributed by atoms with Crippen molar-refractivity contribution in [3.8, 4) is 11.3 Å². The minimum Gasteiger partial charge on any atom is -0.441 e. The van der Waals surface area contributed by atoms with Crippen LogP contribution in [0, 0.1) is 12.8 Å². The number of pyridine rings is 1. The molecule has 1 saturated heterocycles. The predicted octanol–water partition coefficient (Wildman–Crippen LogP) is 3.34. The summed E-state index contributed by atoms with van der Waals surface area (Å²) in [6.45, 7) is 6.35. The van der Waals surface area contributed by atoms with E-state index in [1.807, 2.05) is 31.3 Å². The second-order valence-electron chi connectivity index (χ2n) is 8.79. The van der Waals surface area contributed by atoms with Crippen LogP contribution in [0.15, 0.2) is 41.1 Å². The standard InChI is InChI=1S/C24H28N4O2/c1-16-25-15-24(30-16)17-3-4-18-14-26-21(10-19(18)9-17)13-23(29)20-11-22(12-20)28-7-5-27(2)6-8-28/h3-4,9-10,14-15,20,22H,5-8,11-13H2,1-2H3. The molecule has 30 heavy (non-hydrogen) atoms. The molecule has 2 aliphatic rings. The average Bonchev–Trinajstić information content (AvgIpc) is 3.14. The van der Waals surface area contributed by atoms with E-state index in [1.165, 1.54) is 0 Å². The van der Waals surface area contributed by atoms with E-state index in [0.29, 0.717) is 24.1 Å². The smallest absolute Gasteiger partial charge is 0.191 e. The molecule has 2 fully saturated rings. The van der Waals surface area contributed by atoms with Crippen LogP contribution in [0.2, 0.25) is 0 Å². The number of aromatic nitrogens is 2. The second-order valence-corrected chi connectivity index (χ2v) is 8.79. The number of nitrogens with zero attached hydrogens (tertiary/aromatic N) is 4. The SMILES string of the molecule is Cc1ncc(-c2ccc3cnc(CC(=O)C4CC(N5CCN(C)CC5)C4)cc3c2)o1. The van der Waals surface area contributed by atoms with Gasteiger partial charge in [0, 0.05) is 74.3 Å². The molecule has 156 valence electrons. The highest BCUT2D eigenvalue weighted by Gasteiger charge is 2.38. The molecule has 3 aromatic rings. The van der Waals surface area contributed by atoms with Crippen molar-refractivity contribution in [2.24, 2.45) is 5.92 Å². The van der Waals surface area contributed by atoms with Gasteiger partial charge >= 0.3 is 0 Å². The van der Waals surface area contributed by atoms with Crippen molar-refractivity contribution in [2.45, 2.75) is 32.2 Å². The summed E-state index contributed by atoms with van der Waals surface area (Å²) >= 11 is 0. The maximum atomic E-state index is 12.8. The normalized spacial score (nSPS) is 22.9. The number of oxazole rings is 1. The maximum Gasteiger partial charge on any atom is 0.191 e. The van der Waals surface area contributed by atoms with Crippen LogP contribution in [0.1, 0.15) is 24.4 Å². The number of fused-ring (bicyclic) bond motifs is 1. The van der Waals surface area contributed by atoms with Crippen molar-refractivity contribution in [2.75, 3.05) is 33.2 Å². The third-order valence-corrected chi connectivity index (χ3v) is 6.66. The predicted molar refractivity (Wildman–Crippen MR) is 116 cm³/mol. The number of hydrogen-bond donors (Lipinski definition) is 0. The Bertz CT molecular complexity index is 1060. The molecule has 0 radical (unpaired) electrons. The van der Waals surface area contributed by atoms with Crippen LogP contribution < -0.4 is 0 Å². The molecule has 0 unspecified atom stereocenters. The molecule has 5 rings (SSSR count). The van der Waals surface area contributed by atoms with E-state index in [4.69, 9.17) is 4.42 Å². The summed E-state index contributed by atoms with van der Waals surface area (Å²) in [6, 6.07) is 8.76. The molecule has 0 spiro atoms. The first-order valence-electron chi connectivity index (χ1n) is 10.8. The largest absolute Gasteiger partial charge is 0.441 e. The molecule has 0 N–H and O–H groups in total. The van der Waals surface area contributed by atoms with Gasteiger partial charge < -0.3 is 9.32 Å². The highest BCUT2D eigenvalue weighted by atomic mass is 16.4. The van der Waals surface area contributed by atoms with Crippen molar-refractivity contribution in [3.05, 3.63) is 48.2 Å². The Kier molecular flexibility index (Phi) is 5.13. The molecule has 0 bridgehead atoms. The molecule has 6 heteroatoms. The van der Waals surface area contributed by atoms with E-state index >= 15 is 0 Å². The molecule has 3 heterocycles. The lowest BCUT2D eigenvalue weighted by molar-refractivity contribution is -0.127. The van der Waals surface area contributed by atoms with Gasteiger partial charge in [0.05, 0.1) is 6.20 Å². The fourth-order valence-corrected chi connectivity index (χ4v) is 4.59. The Balaban J connectivity index is 1.23.